The number of ether oxygens (including phenoxy) is 1. The summed E-state index contributed by atoms with van der Waals surface area (Å²) in [4.78, 5) is 71.0. The van der Waals surface area contributed by atoms with E-state index in [4.69, 9.17) is 4.74 Å². The van der Waals surface area contributed by atoms with E-state index in [1.165, 1.54) is 7.11 Å². The van der Waals surface area contributed by atoms with E-state index in [1.54, 1.807) is 61.3 Å². The molecule has 1 aliphatic heterocycles. The number of nitrogens with one attached hydrogen (secondary N) is 2. The highest BCUT2D eigenvalue weighted by Gasteiger charge is 2.40. The van der Waals surface area contributed by atoms with Crippen LogP contribution < -0.4 is 10.6 Å². The van der Waals surface area contributed by atoms with Crippen LogP contribution in [-0.4, -0.2) is 90.2 Å². The Labute approximate surface area is 310 Å². The van der Waals surface area contributed by atoms with Crippen molar-refractivity contribution in [3.8, 4) is 0 Å². The van der Waals surface area contributed by atoms with Crippen LogP contribution in [0.25, 0.3) is 0 Å². The number of ketones is 1. The van der Waals surface area contributed by atoms with Gasteiger partial charge in [-0.05, 0) is 56.6 Å². The minimum absolute atomic E-state index is 0.0687. The van der Waals surface area contributed by atoms with Crippen LogP contribution in [0.15, 0.2) is 66.2 Å². The minimum Gasteiger partial charge on any atom is -0.467 e. The predicted molar refractivity (Wildman–Crippen MR) is 205 cm³/mol. The van der Waals surface area contributed by atoms with Gasteiger partial charge in [0.2, 0.25) is 17.7 Å². The molecule has 2 aromatic rings. The van der Waals surface area contributed by atoms with E-state index < -0.39 is 35.4 Å². The molecule has 0 saturated carbocycles. The fraction of sp³-hybridized carbons (Fsp3) is 0.548. The Balaban J connectivity index is 1.76. The molecule has 284 valence electrons. The van der Waals surface area contributed by atoms with Gasteiger partial charge in [0, 0.05) is 36.2 Å². The Morgan fingerprint density at radius 1 is 0.942 bits per heavy atom. The molecule has 1 saturated heterocycles. The third-order valence-electron chi connectivity index (χ3n) is 10.1. The van der Waals surface area contributed by atoms with Gasteiger partial charge in [-0.25, -0.2) is 4.79 Å². The molecule has 52 heavy (non-hydrogen) atoms. The van der Waals surface area contributed by atoms with Crippen LogP contribution >= 0.6 is 0 Å². The van der Waals surface area contributed by atoms with E-state index in [1.807, 2.05) is 52.8 Å². The zero-order chi connectivity index (χ0) is 38.7. The van der Waals surface area contributed by atoms with E-state index >= 15 is 0 Å². The number of carbonyl (C=O) groups excluding carboxylic acids is 5. The number of likely N-dealkylation sites (N-methyl/N-ethyl adjacent to an activating group) is 1. The van der Waals surface area contributed by atoms with Crippen molar-refractivity contribution in [2.24, 2.45) is 11.3 Å². The van der Waals surface area contributed by atoms with Gasteiger partial charge in [0.15, 0.2) is 5.78 Å². The summed E-state index contributed by atoms with van der Waals surface area (Å²) in [6.07, 6.45) is 5.62. The molecule has 0 aliphatic carbocycles. The molecule has 5 atom stereocenters. The molecule has 3 rings (SSSR count). The van der Waals surface area contributed by atoms with Crippen molar-refractivity contribution in [1.29, 1.82) is 0 Å². The molecule has 0 radical (unpaired) electrons. The van der Waals surface area contributed by atoms with E-state index in [9.17, 15) is 24.0 Å². The highest BCUT2D eigenvalue weighted by molar-refractivity contribution is 6.09. The number of nitrogens with zero attached hydrogens (tertiary/aromatic N) is 2. The van der Waals surface area contributed by atoms with E-state index in [2.05, 4.69) is 29.4 Å². The standard InChI is InChI=1S/C42H60N4O6/c1-11-29(5)46-24-16-15-19-34(46)39(49)44-37(42(6,7)8)40(50)45(9)35(27(2)3)25-28(4)38(48)43-33(41(51)52-10)26-30-20-22-32(23-21-30)36(47)31-17-13-12-14-18-31/h12-14,17-18,20-23,25,27,29,33-35,37H,11,15-16,19,24,26H2,1-10H3,(H,43,48)(H,44,49)/b28-25+/t29?,33?,34-,35-,37?/m1/s1. The first kappa shape index (κ1) is 42.1. The summed E-state index contributed by atoms with van der Waals surface area (Å²) >= 11 is 0. The van der Waals surface area contributed by atoms with Crippen molar-refractivity contribution in [3.05, 3.63) is 82.9 Å². The molecule has 1 aliphatic rings. The number of piperidine rings is 1. The van der Waals surface area contributed by atoms with Crippen molar-refractivity contribution < 1.29 is 28.7 Å². The van der Waals surface area contributed by atoms with Gasteiger partial charge in [0.1, 0.15) is 12.1 Å². The largest absolute Gasteiger partial charge is 0.467 e. The van der Waals surface area contributed by atoms with Gasteiger partial charge in [0.25, 0.3) is 0 Å². The Hall–Kier alpha value is -4.31. The van der Waals surface area contributed by atoms with Gasteiger partial charge in [-0.2, -0.15) is 0 Å². The zero-order valence-electron chi connectivity index (χ0n) is 32.8. The first-order valence-electron chi connectivity index (χ1n) is 18.6. The number of hydrogen-bond acceptors (Lipinski definition) is 7. The van der Waals surface area contributed by atoms with Crippen LogP contribution in [0.2, 0.25) is 0 Å². The van der Waals surface area contributed by atoms with Crippen LogP contribution in [0.4, 0.5) is 0 Å². The first-order chi connectivity index (χ1) is 24.5. The summed E-state index contributed by atoms with van der Waals surface area (Å²) in [5, 5.41) is 5.94. The lowest BCUT2D eigenvalue weighted by atomic mass is 9.84. The lowest BCUT2D eigenvalue weighted by molar-refractivity contribution is -0.144. The molecule has 1 heterocycles. The summed E-state index contributed by atoms with van der Waals surface area (Å²) in [5.74, 6) is -1.62. The van der Waals surface area contributed by atoms with Gasteiger partial charge in [-0.3, -0.25) is 24.1 Å². The third-order valence-corrected chi connectivity index (χ3v) is 10.1. The maximum absolute atomic E-state index is 14.2. The summed E-state index contributed by atoms with van der Waals surface area (Å²) in [7, 11) is 2.97. The molecule has 2 aromatic carbocycles. The van der Waals surface area contributed by atoms with Crippen molar-refractivity contribution in [1.82, 2.24) is 20.4 Å². The molecule has 2 N–H and O–H groups in total. The highest BCUT2D eigenvalue weighted by atomic mass is 16.5. The number of likely N-dealkylation sites (tertiary alicyclic amines) is 1. The maximum atomic E-state index is 14.2. The molecule has 0 bridgehead atoms. The van der Waals surface area contributed by atoms with Gasteiger partial charge >= 0.3 is 5.97 Å². The number of benzene rings is 2. The number of methoxy groups -OCH3 is 1. The molecule has 3 amide bonds. The van der Waals surface area contributed by atoms with Gasteiger partial charge < -0.3 is 20.3 Å². The van der Waals surface area contributed by atoms with Crippen molar-refractivity contribution >= 4 is 29.5 Å². The van der Waals surface area contributed by atoms with Crippen LogP contribution in [-0.2, 0) is 30.3 Å². The van der Waals surface area contributed by atoms with Gasteiger partial charge in [-0.15, -0.1) is 0 Å². The fourth-order valence-corrected chi connectivity index (χ4v) is 6.71. The fourth-order valence-electron chi connectivity index (χ4n) is 6.71. The van der Waals surface area contributed by atoms with Crippen LogP contribution in [0.5, 0.6) is 0 Å². The average molecular weight is 717 g/mol. The second-order valence-electron chi connectivity index (χ2n) is 15.5. The van der Waals surface area contributed by atoms with Crippen LogP contribution in [0.1, 0.15) is 103 Å². The predicted octanol–water partition coefficient (Wildman–Crippen LogP) is 5.73. The smallest absolute Gasteiger partial charge is 0.328 e. The van der Waals surface area contributed by atoms with Crippen molar-refractivity contribution in [2.75, 3.05) is 20.7 Å². The lowest BCUT2D eigenvalue weighted by Gasteiger charge is -2.41. The Morgan fingerprint density at radius 2 is 1.56 bits per heavy atom. The topological polar surface area (TPSA) is 125 Å². The third kappa shape index (κ3) is 11.1. The molecule has 1 fully saturated rings. The number of carbonyl (C=O) groups is 5. The SMILES string of the molecule is CCC(C)N1CCCC[C@@H]1C(=O)NC(C(=O)N(C)[C@H](/C=C(\C)C(=O)NC(Cc1ccc(C(=O)c2ccccc2)cc1)C(=O)OC)C(C)C)C(C)(C)C. The van der Waals surface area contributed by atoms with Gasteiger partial charge in [-0.1, -0.05) is 109 Å². The molecule has 3 unspecified atom stereocenters. The minimum atomic E-state index is -0.983. The summed E-state index contributed by atoms with van der Waals surface area (Å²) in [6, 6.07) is 13.7. The van der Waals surface area contributed by atoms with Gasteiger partial charge in [0.05, 0.1) is 19.2 Å². The molecule has 10 nitrogen and oxygen atoms in total. The maximum Gasteiger partial charge on any atom is 0.328 e. The van der Waals surface area contributed by atoms with Crippen LogP contribution in [0, 0.1) is 11.3 Å². The second-order valence-corrected chi connectivity index (χ2v) is 15.5. The van der Waals surface area contributed by atoms with E-state index in [0.29, 0.717) is 16.7 Å². The van der Waals surface area contributed by atoms with E-state index in [0.717, 1.165) is 37.8 Å². The summed E-state index contributed by atoms with van der Waals surface area (Å²) < 4.78 is 5.02. The molecule has 0 aromatic heterocycles. The molecule has 10 heteroatoms. The second kappa shape index (κ2) is 19.0. The number of amides is 3. The Morgan fingerprint density at radius 3 is 2.12 bits per heavy atom. The molecular weight excluding hydrogens is 656 g/mol. The Kier molecular flexibility index (Phi) is 15.4. The average Bonchev–Trinajstić information content (AvgIpc) is 3.13. The number of hydrogen-bond donors (Lipinski definition) is 2. The normalized spacial score (nSPS) is 17.8. The lowest BCUT2D eigenvalue weighted by Crippen LogP contribution is -2.60. The quantitative estimate of drug-likeness (QED) is 0.137. The van der Waals surface area contributed by atoms with E-state index in [-0.39, 0.29) is 42.0 Å². The highest BCUT2D eigenvalue weighted by Crippen LogP contribution is 2.26. The van der Waals surface area contributed by atoms with Crippen molar-refractivity contribution in [2.45, 2.75) is 118 Å². The Bertz CT molecular complexity index is 1560. The molecular formula is C42H60N4O6. The molecule has 0 spiro atoms. The first-order valence-corrected chi connectivity index (χ1v) is 18.6. The van der Waals surface area contributed by atoms with Crippen LogP contribution in [0.3, 0.4) is 0 Å². The monoisotopic (exact) mass is 716 g/mol. The van der Waals surface area contributed by atoms with Crippen molar-refractivity contribution in [3.63, 3.8) is 0 Å². The summed E-state index contributed by atoms with van der Waals surface area (Å²) in [5.41, 5.74) is 1.59. The zero-order valence-corrected chi connectivity index (χ0v) is 32.8. The summed E-state index contributed by atoms with van der Waals surface area (Å²) in [6.45, 7) is 16.5. The number of esters is 1. The number of rotatable bonds is 15.